The van der Waals surface area contributed by atoms with Crippen LogP contribution in [0.1, 0.15) is 49.9 Å². The van der Waals surface area contributed by atoms with Gasteiger partial charge in [0, 0.05) is 6.04 Å². The predicted molar refractivity (Wildman–Crippen MR) is 79.0 cm³/mol. The van der Waals surface area contributed by atoms with Gasteiger partial charge in [-0.3, -0.25) is 0 Å². The predicted octanol–water partition coefficient (Wildman–Crippen LogP) is 2.73. The molecule has 0 spiro atoms. The molecule has 1 aromatic carbocycles. The van der Waals surface area contributed by atoms with Crippen LogP contribution in [0.4, 0.5) is 0 Å². The second-order valence-corrected chi connectivity index (χ2v) is 6.14. The van der Waals surface area contributed by atoms with Crippen molar-refractivity contribution in [3.63, 3.8) is 0 Å². The number of ether oxygens (including phenoxy) is 1. The van der Waals surface area contributed by atoms with Gasteiger partial charge in [-0.25, -0.2) is 0 Å². The Morgan fingerprint density at radius 1 is 1.24 bits per heavy atom. The van der Waals surface area contributed by atoms with Crippen molar-refractivity contribution in [3.05, 3.63) is 41.5 Å². The smallest absolute Gasteiger partial charge is 0.171 e. The highest BCUT2D eigenvalue weighted by molar-refractivity contribution is 5.30. The maximum atomic E-state index is 9.93. The van der Waals surface area contributed by atoms with E-state index in [1.165, 1.54) is 12.8 Å². The Hall–Kier alpha value is -1.88. The standard InChI is InChI=1S/C16H21N3O2/c1-11-17-18-15(19(11)13-6-7-13)10-21-14-8-4-12(5-9-14)16(2,3)20/h4-5,8-9,13,20H,6-7,10H2,1-3H3. The molecule has 0 radical (unpaired) electrons. The summed E-state index contributed by atoms with van der Waals surface area (Å²) in [6.07, 6.45) is 2.40. The average Bonchev–Trinajstić information content (AvgIpc) is 3.20. The molecule has 0 unspecified atom stereocenters. The molecule has 112 valence electrons. The van der Waals surface area contributed by atoms with E-state index in [0.29, 0.717) is 12.6 Å². The normalized spacial score (nSPS) is 15.2. The minimum atomic E-state index is -0.832. The van der Waals surface area contributed by atoms with E-state index < -0.39 is 5.60 Å². The van der Waals surface area contributed by atoms with Crippen LogP contribution in [-0.2, 0) is 12.2 Å². The topological polar surface area (TPSA) is 60.2 Å². The molecule has 1 heterocycles. The quantitative estimate of drug-likeness (QED) is 0.918. The van der Waals surface area contributed by atoms with Gasteiger partial charge in [0.25, 0.3) is 0 Å². The largest absolute Gasteiger partial charge is 0.486 e. The van der Waals surface area contributed by atoms with E-state index in [1.807, 2.05) is 31.2 Å². The van der Waals surface area contributed by atoms with Crippen LogP contribution in [0.25, 0.3) is 0 Å². The summed E-state index contributed by atoms with van der Waals surface area (Å²) >= 11 is 0. The molecular weight excluding hydrogens is 266 g/mol. The second-order valence-electron chi connectivity index (χ2n) is 6.14. The van der Waals surface area contributed by atoms with Crippen molar-refractivity contribution in [2.75, 3.05) is 0 Å². The number of nitrogens with zero attached hydrogens (tertiary/aromatic N) is 3. The Balaban J connectivity index is 1.68. The van der Waals surface area contributed by atoms with Crippen molar-refractivity contribution >= 4 is 0 Å². The molecular formula is C16H21N3O2. The number of hydrogen-bond donors (Lipinski definition) is 1. The van der Waals surface area contributed by atoms with E-state index >= 15 is 0 Å². The van der Waals surface area contributed by atoms with Gasteiger partial charge in [0.05, 0.1) is 5.60 Å². The van der Waals surface area contributed by atoms with Crippen LogP contribution in [0.2, 0.25) is 0 Å². The van der Waals surface area contributed by atoms with Gasteiger partial charge >= 0.3 is 0 Å². The summed E-state index contributed by atoms with van der Waals surface area (Å²) in [5, 5.41) is 18.3. The Morgan fingerprint density at radius 3 is 2.48 bits per heavy atom. The number of rotatable bonds is 5. The van der Waals surface area contributed by atoms with Gasteiger partial charge < -0.3 is 14.4 Å². The number of aromatic nitrogens is 3. The zero-order valence-corrected chi connectivity index (χ0v) is 12.7. The molecule has 0 bridgehead atoms. The fraction of sp³-hybridized carbons (Fsp3) is 0.500. The molecule has 3 rings (SSSR count). The van der Waals surface area contributed by atoms with Crippen LogP contribution in [0.3, 0.4) is 0 Å². The molecule has 0 aliphatic heterocycles. The molecule has 1 N–H and O–H groups in total. The summed E-state index contributed by atoms with van der Waals surface area (Å²) < 4.78 is 7.96. The Labute approximate surface area is 124 Å². The van der Waals surface area contributed by atoms with Crippen LogP contribution in [0, 0.1) is 6.92 Å². The molecule has 5 nitrogen and oxygen atoms in total. The molecule has 0 saturated heterocycles. The lowest BCUT2D eigenvalue weighted by Crippen LogP contribution is -2.15. The molecule has 1 saturated carbocycles. The Bertz CT molecular complexity index is 622. The zero-order chi connectivity index (χ0) is 15.0. The first-order chi connectivity index (χ1) is 9.95. The third-order valence-corrected chi connectivity index (χ3v) is 3.78. The fourth-order valence-corrected chi connectivity index (χ4v) is 2.43. The number of benzene rings is 1. The third-order valence-electron chi connectivity index (χ3n) is 3.78. The highest BCUT2D eigenvalue weighted by Crippen LogP contribution is 2.36. The highest BCUT2D eigenvalue weighted by atomic mass is 16.5. The lowest BCUT2D eigenvalue weighted by Gasteiger charge is -2.18. The minimum Gasteiger partial charge on any atom is -0.486 e. The maximum Gasteiger partial charge on any atom is 0.171 e. The summed E-state index contributed by atoms with van der Waals surface area (Å²) in [5.41, 5.74) is 0.0359. The van der Waals surface area contributed by atoms with Crippen molar-refractivity contribution in [3.8, 4) is 5.75 Å². The first-order valence-electron chi connectivity index (χ1n) is 7.31. The van der Waals surface area contributed by atoms with Crippen molar-refractivity contribution in [1.29, 1.82) is 0 Å². The van der Waals surface area contributed by atoms with Crippen molar-refractivity contribution < 1.29 is 9.84 Å². The number of hydrogen-bond acceptors (Lipinski definition) is 4. The summed E-state index contributed by atoms with van der Waals surface area (Å²) in [6, 6.07) is 8.06. The molecule has 21 heavy (non-hydrogen) atoms. The van der Waals surface area contributed by atoms with E-state index in [0.717, 1.165) is 23.0 Å². The summed E-state index contributed by atoms with van der Waals surface area (Å²) in [7, 11) is 0. The van der Waals surface area contributed by atoms with Gasteiger partial charge in [0.15, 0.2) is 5.82 Å². The zero-order valence-electron chi connectivity index (χ0n) is 12.7. The minimum absolute atomic E-state index is 0.416. The molecule has 0 atom stereocenters. The molecule has 2 aromatic rings. The first kappa shape index (κ1) is 14.1. The van der Waals surface area contributed by atoms with E-state index in [1.54, 1.807) is 13.8 Å². The molecule has 0 amide bonds. The van der Waals surface area contributed by atoms with Crippen LogP contribution < -0.4 is 4.74 Å². The molecule has 1 aromatic heterocycles. The summed E-state index contributed by atoms with van der Waals surface area (Å²) in [5.74, 6) is 2.60. The van der Waals surface area contributed by atoms with Crippen molar-refractivity contribution in [1.82, 2.24) is 14.8 Å². The highest BCUT2D eigenvalue weighted by Gasteiger charge is 2.28. The molecule has 1 aliphatic carbocycles. The molecule has 5 heteroatoms. The van der Waals surface area contributed by atoms with Gasteiger partial charge in [0.1, 0.15) is 18.2 Å². The molecule has 1 fully saturated rings. The lowest BCUT2D eigenvalue weighted by atomic mass is 9.99. The van der Waals surface area contributed by atoms with Gasteiger partial charge in [-0.15, -0.1) is 10.2 Å². The Morgan fingerprint density at radius 2 is 1.90 bits per heavy atom. The SMILES string of the molecule is Cc1nnc(COc2ccc(C(C)(C)O)cc2)n1C1CC1. The van der Waals surface area contributed by atoms with E-state index in [2.05, 4.69) is 14.8 Å². The van der Waals surface area contributed by atoms with Crippen LogP contribution >= 0.6 is 0 Å². The average molecular weight is 287 g/mol. The van der Waals surface area contributed by atoms with E-state index in [-0.39, 0.29) is 0 Å². The second kappa shape index (κ2) is 5.15. The number of aliphatic hydroxyl groups is 1. The first-order valence-corrected chi connectivity index (χ1v) is 7.31. The van der Waals surface area contributed by atoms with E-state index in [9.17, 15) is 5.11 Å². The Kier molecular flexibility index (Phi) is 3.45. The third kappa shape index (κ3) is 3.08. The van der Waals surface area contributed by atoms with Gasteiger partial charge in [-0.2, -0.15) is 0 Å². The summed E-state index contributed by atoms with van der Waals surface area (Å²) in [4.78, 5) is 0. The van der Waals surface area contributed by atoms with Gasteiger partial charge in [0.2, 0.25) is 0 Å². The fourth-order valence-electron chi connectivity index (χ4n) is 2.43. The van der Waals surface area contributed by atoms with Crippen LogP contribution in [0.15, 0.2) is 24.3 Å². The van der Waals surface area contributed by atoms with E-state index in [4.69, 9.17) is 4.74 Å². The maximum absolute atomic E-state index is 9.93. The molecule has 1 aliphatic rings. The van der Waals surface area contributed by atoms with Crippen molar-refractivity contribution in [2.24, 2.45) is 0 Å². The lowest BCUT2D eigenvalue weighted by molar-refractivity contribution is 0.0785. The van der Waals surface area contributed by atoms with Crippen molar-refractivity contribution in [2.45, 2.75) is 51.9 Å². The number of aryl methyl sites for hydroxylation is 1. The van der Waals surface area contributed by atoms with Crippen LogP contribution in [-0.4, -0.2) is 19.9 Å². The van der Waals surface area contributed by atoms with Gasteiger partial charge in [-0.1, -0.05) is 12.1 Å². The summed E-state index contributed by atoms with van der Waals surface area (Å²) in [6.45, 7) is 5.93. The van der Waals surface area contributed by atoms with Crippen LogP contribution in [0.5, 0.6) is 5.75 Å². The monoisotopic (exact) mass is 287 g/mol. The van der Waals surface area contributed by atoms with Gasteiger partial charge in [-0.05, 0) is 51.3 Å².